The summed E-state index contributed by atoms with van der Waals surface area (Å²) in [6, 6.07) is 15.3. The minimum Gasteiger partial charge on any atom is -0.392 e. The Morgan fingerprint density at radius 2 is 1.81 bits per heavy atom. The number of aliphatic hydroxyl groups excluding tert-OH is 1. The second-order valence-corrected chi connectivity index (χ2v) is 6.27. The lowest BCUT2D eigenvalue weighted by Gasteiger charge is -2.17. The molecule has 3 rings (SSSR count). The van der Waals surface area contributed by atoms with Gasteiger partial charge in [-0.25, -0.2) is 0 Å². The predicted molar refractivity (Wildman–Crippen MR) is 86.0 cm³/mol. The molecule has 1 fully saturated rings. The topological polar surface area (TPSA) is 49.3 Å². The normalized spacial score (nSPS) is 15.5. The standard InChI is InChI=1S/C17H16BrNO2/c18-14-7-5-13(6-8-14)17(9-10-17)16(21)19-15-4-2-1-3-12(15)11-20/h1-8,20H,9-11H2,(H,19,21). The van der Waals surface area contributed by atoms with Crippen LogP contribution in [0.15, 0.2) is 53.0 Å². The van der Waals surface area contributed by atoms with Gasteiger partial charge in [-0.05, 0) is 36.6 Å². The van der Waals surface area contributed by atoms with Crippen molar-refractivity contribution in [3.63, 3.8) is 0 Å². The van der Waals surface area contributed by atoms with Crippen LogP contribution in [-0.4, -0.2) is 11.0 Å². The lowest BCUT2D eigenvalue weighted by molar-refractivity contribution is -0.118. The zero-order valence-corrected chi connectivity index (χ0v) is 13.1. The number of nitrogens with one attached hydrogen (secondary N) is 1. The molecule has 0 saturated heterocycles. The summed E-state index contributed by atoms with van der Waals surface area (Å²) in [5, 5.41) is 12.3. The summed E-state index contributed by atoms with van der Waals surface area (Å²) < 4.78 is 1.01. The maximum atomic E-state index is 12.6. The van der Waals surface area contributed by atoms with Gasteiger partial charge in [0.1, 0.15) is 0 Å². The van der Waals surface area contributed by atoms with E-state index in [1.807, 2.05) is 48.5 Å². The number of carbonyl (C=O) groups is 1. The quantitative estimate of drug-likeness (QED) is 0.889. The molecular weight excluding hydrogens is 330 g/mol. The monoisotopic (exact) mass is 345 g/mol. The summed E-state index contributed by atoms with van der Waals surface area (Å²) in [7, 11) is 0. The van der Waals surface area contributed by atoms with E-state index in [1.54, 1.807) is 0 Å². The van der Waals surface area contributed by atoms with Crippen LogP contribution in [0.1, 0.15) is 24.0 Å². The summed E-state index contributed by atoms with van der Waals surface area (Å²) in [5.74, 6) is 0.00530. The molecule has 0 unspecified atom stereocenters. The zero-order chi connectivity index (χ0) is 14.9. The Morgan fingerprint density at radius 3 is 2.43 bits per heavy atom. The molecule has 1 saturated carbocycles. The van der Waals surface area contributed by atoms with Crippen LogP contribution in [0.4, 0.5) is 5.69 Å². The minimum atomic E-state index is -0.413. The molecular formula is C17H16BrNO2. The number of hydrogen-bond acceptors (Lipinski definition) is 2. The molecule has 1 aliphatic rings. The molecule has 4 heteroatoms. The van der Waals surface area contributed by atoms with Crippen LogP contribution in [0, 0.1) is 0 Å². The Bertz CT molecular complexity index is 663. The molecule has 0 heterocycles. The van der Waals surface area contributed by atoms with Crippen molar-refractivity contribution >= 4 is 27.5 Å². The van der Waals surface area contributed by atoms with E-state index in [4.69, 9.17) is 0 Å². The van der Waals surface area contributed by atoms with E-state index in [0.717, 1.165) is 28.4 Å². The molecule has 0 bridgehead atoms. The van der Waals surface area contributed by atoms with Crippen LogP contribution < -0.4 is 5.32 Å². The summed E-state index contributed by atoms with van der Waals surface area (Å²) in [6.45, 7) is -0.0816. The number of benzene rings is 2. The van der Waals surface area contributed by atoms with E-state index >= 15 is 0 Å². The molecule has 1 aliphatic carbocycles. The van der Waals surface area contributed by atoms with Crippen molar-refractivity contribution in [2.75, 3.05) is 5.32 Å². The minimum absolute atomic E-state index is 0.00530. The maximum Gasteiger partial charge on any atom is 0.235 e. The first-order chi connectivity index (χ1) is 10.2. The number of rotatable bonds is 4. The third-order valence-electron chi connectivity index (χ3n) is 4.02. The first-order valence-electron chi connectivity index (χ1n) is 6.92. The number of amides is 1. The Labute approximate surface area is 132 Å². The van der Waals surface area contributed by atoms with Crippen LogP contribution in [0.25, 0.3) is 0 Å². The highest BCUT2D eigenvalue weighted by molar-refractivity contribution is 9.10. The van der Waals surface area contributed by atoms with Crippen LogP contribution in [0.3, 0.4) is 0 Å². The maximum absolute atomic E-state index is 12.6. The Balaban J connectivity index is 1.83. The van der Waals surface area contributed by atoms with Crippen molar-refractivity contribution in [2.24, 2.45) is 0 Å². The number of anilines is 1. The van der Waals surface area contributed by atoms with Gasteiger partial charge < -0.3 is 10.4 Å². The van der Waals surface area contributed by atoms with E-state index < -0.39 is 5.41 Å². The van der Waals surface area contributed by atoms with Gasteiger partial charge in [-0.1, -0.05) is 46.3 Å². The molecule has 2 N–H and O–H groups in total. The molecule has 0 aliphatic heterocycles. The largest absolute Gasteiger partial charge is 0.392 e. The molecule has 0 radical (unpaired) electrons. The molecule has 2 aromatic rings. The van der Waals surface area contributed by atoms with Crippen LogP contribution >= 0.6 is 15.9 Å². The lowest BCUT2D eigenvalue weighted by Crippen LogP contribution is -2.28. The van der Waals surface area contributed by atoms with Crippen LogP contribution in [0.5, 0.6) is 0 Å². The number of halogens is 1. The van der Waals surface area contributed by atoms with Gasteiger partial charge in [-0.3, -0.25) is 4.79 Å². The fraction of sp³-hybridized carbons (Fsp3) is 0.235. The van der Waals surface area contributed by atoms with Crippen molar-refractivity contribution in [1.29, 1.82) is 0 Å². The van der Waals surface area contributed by atoms with Crippen LogP contribution in [0.2, 0.25) is 0 Å². The summed E-state index contributed by atoms with van der Waals surface area (Å²) in [4.78, 5) is 12.6. The Morgan fingerprint density at radius 1 is 1.14 bits per heavy atom. The number of para-hydroxylation sites is 1. The summed E-state index contributed by atoms with van der Waals surface area (Å²) >= 11 is 3.41. The number of carbonyl (C=O) groups excluding carboxylic acids is 1. The SMILES string of the molecule is O=C(Nc1ccccc1CO)C1(c2ccc(Br)cc2)CC1. The van der Waals surface area contributed by atoms with Gasteiger partial charge in [-0.15, -0.1) is 0 Å². The average molecular weight is 346 g/mol. The van der Waals surface area contributed by atoms with Gasteiger partial charge in [0, 0.05) is 15.7 Å². The molecule has 108 valence electrons. The van der Waals surface area contributed by atoms with Crippen LogP contribution in [-0.2, 0) is 16.8 Å². The van der Waals surface area contributed by atoms with Crippen molar-refractivity contribution < 1.29 is 9.90 Å². The van der Waals surface area contributed by atoms with E-state index in [9.17, 15) is 9.90 Å². The van der Waals surface area contributed by atoms with E-state index in [0.29, 0.717) is 5.69 Å². The van der Waals surface area contributed by atoms with E-state index in [2.05, 4.69) is 21.2 Å². The van der Waals surface area contributed by atoms with E-state index in [-0.39, 0.29) is 12.5 Å². The van der Waals surface area contributed by atoms with Gasteiger partial charge in [0.15, 0.2) is 0 Å². The first-order valence-corrected chi connectivity index (χ1v) is 7.71. The fourth-order valence-electron chi connectivity index (χ4n) is 2.56. The molecule has 0 atom stereocenters. The fourth-order valence-corrected chi connectivity index (χ4v) is 2.83. The van der Waals surface area contributed by atoms with Gasteiger partial charge in [0.2, 0.25) is 5.91 Å². The van der Waals surface area contributed by atoms with Gasteiger partial charge in [0.25, 0.3) is 0 Å². The third-order valence-corrected chi connectivity index (χ3v) is 4.55. The van der Waals surface area contributed by atoms with Gasteiger partial charge in [0.05, 0.1) is 12.0 Å². The van der Waals surface area contributed by atoms with Crippen molar-refractivity contribution in [3.05, 3.63) is 64.1 Å². The van der Waals surface area contributed by atoms with Crippen molar-refractivity contribution in [2.45, 2.75) is 24.9 Å². The Kier molecular flexibility index (Phi) is 3.83. The highest BCUT2D eigenvalue weighted by atomic mass is 79.9. The highest BCUT2D eigenvalue weighted by Gasteiger charge is 2.51. The molecule has 3 nitrogen and oxygen atoms in total. The van der Waals surface area contributed by atoms with Crippen molar-refractivity contribution in [3.8, 4) is 0 Å². The van der Waals surface area contributed by atoms with Crippen molar-refractivity contribution in [1.82, 2.24) is 0 Å². The average Bonchev–Trinajstić information content (AvgIpc) is 3.30. The smallest absolute Gasteiger partial charge is 0.235 e. The lowest BCUT2D eigenvalue weighted by atomic mass is 9.95. The molecule has 1 amide bonds. The zero-order valence-electron chi connectivity index (χ0n) is 11.5. The second-order valence-electron chi connectivity index (χ2n) is 5.36. The third kappa shape index (κ3) is 2.74. The highest BCUT2D eigenvalue weighted by Crippen LogP contribution is 2.49. The van der Waals surface area contributed by atoms with Gasteiger partial charge >= 0.3 is 0 Å². The molecule has 21 heavy (non-hydrogen) atoms. The first kappa shape index (κ1) is 14.3. The number of aliphatic hydroxyl groups is 1. The molecule has 0 spiro atoms. The number of hydrogen-bond donors (Lipinski definition) is 2. The predicted octanol–water partition coefficient (Wildman–Crippen LogP) is 3.61. The van der Waals surface area contributed by atoms with Gasteiger partial charge in [-0.2, -0.15) is 0 Å². The molecule has 0 aromatic heterocycles. The summed E-state index contributed by atoms with van der Waals surface area (Å²) in [6.07, 6.45) is 1.73. The second kappa shape index (κ2) is 5.62. The van der Waals surface area contributed by atoms with E-state index in [1.165, 1.54) is 0 Å². The molecule has 2 aromatic carbocycles. The Hall–Kier alpha value is -1.65. The summed E-state index contributed by atoms with van der Waals surface area (Å²) in [5.41, 5.74) is 2.05.